The number of ketones is 2. The molecule has 36 heavy (non-hydrogen) atoms. The normalized spacial score (nSPS) is 30.8. The smallest absolute Gasteiger partial charge is 0.339 e. The number of hydrogen-bond donors (Lipinski definition) is 9. The lowest BCUT2D eigenvalue weighted by molar-refractivity contribution is -0.244. The molecule has 5 rings (SSSR count). The van der Waals surface area contributed by atoms with E-state index in [0.29, 0.717) is 0 Å². The van der Waals surface area contributed by atoms with Gasteiger partial charge in [0.05, 0.1) is 22.8 Å². The number of benzene rings is 2. The molecule has 13 heteroatoms. The predicted molar refractivity (Wildman–Crippen MR) is 113 cm³/mol. The second-order valence-corrected chi connectivity index (χ2v) is 9.13. The summed E-state index contributed by atoms with van der Waals surface area (Å²) in [6.07, 6.45) is -9.01. The molecule has 1 saturated carbocycles. The molecule has 0 bridgehead atoms. The summed E-state index contributed by atoms with van der Waals surface area (Å²) in [6.45, 7) is 1.15. The molecule has 2 unspecified atom stereocenters. The zero-order valence-electron chi connectivity index (χ0n) is 18.3. The van der Waals surface area contributed by atoms with Crippen molar-refractivity contribution in [2.45, 2.75) is 49.5 Å². The Bertz CT molecular complexity index is 1400. The Labute approximate surface area is 200 Å². The molecular weight excluding hydrogens is 484 g/mol. The van der Waals surface area contributed by atoms with E-state index in [-0.39, 0.29) is 12.0 Å². The molecule has 1 spiro atoms. The van der Waals surface area contributed by atoms with Gasteiger partial charge in [0.25, 0.3) is 0 Å². The zero-order chi connectivity index (χ0) is 26.6. The van der Waals surface area contributed by atoms with Crippen LogP contribution >= 0.6 is 0 Å². The number of carboxylic acid groups (broad SMARTS) is 1. The van der Waals surface area contributed by atoms with Gasteiger partial charge in [-0.15, -0.1) is 0 Å². The lowest BCUT2D eigenvalue weighted by atomic mass is 9.77. The summed E-state index contributed by atoms with van der Waals surface area (Å²) in [5, 5.41) is 93.0. The van der Waals surface area contributed by atoms with Crippen molar-refractivity contribution in [1.29, 1.82) is 0 Å². The van der Waals surface area contributed by atoms with Crippen LogP contribution in [0.2, 0.25) is 0 Å². The first-order valence-corrected chi connectivity index (χ1v) is 10.7. The molecule has 2 aliphatic carbocycles. The van der Waals surface area contributed by atoms with Gasteiger partial charge in [-0.2, -0.15) is 0 Å². The third-order valence-corrected chi connectivity index (χ3v) is 7.19. The summed E-state index contributed by atoms with van der Waals surface area (Å²) in [7, 11) is 0. The molecule has 1 aliphatic heterocycles. The van der Waals surface area contributed by atoms with Crippen LogP contribution in [0, 0.1) is 6.92 Å². The molecule has 2 fully saturated rings. The first-order valence-electron chi connectivity index (χ1n) is 10.7. The quantitative estimate of drug-likeness (QED) is 0.150. The molecule has 6 atom stereocenters. The standard InChI is InChI=1S/C23H20O13/c1-4-8-5(2-6(24)9(4)22(34)35)13(26)10-11(14(8)27)15(28)12(17(30)16(10)29)20-18(31)19(32)21(33)23(36-20)3-7(23)25/h2,7,18-21,24-25,28-33H,3H2,1H3,(H,34,35)/t7-,18-,19-,20-,21?,23?/m1/s1. The summed E-state index contributed by atoms with van der Waals surface area (Å²) in [5.74, 6) is -8.18. The van der Waals surface area contributed by atoms with E-state index in [9.17, 15) is 60.3 Å². The van der Waals surface area contributed by atoms with Crippen molar-refractivity contribution < 1.29 is 65.1 Å². The Hall–Kier alpha value is -3.75. The first-order chi connectivity index (χ1) is 16.8. The number of fused-ring (bicyclic) bond motifs is 2. The number of phenols is 4. The van der Waals surface area contributed by atoms with E-state index in [0.717, 1.165) is 13.0 Å². The molecule has 2 aromatic rings. The third kappa shape index (κ3) is 2.79. The fraction of sp³-hybridized carbons (Fsp3) is 0.348. The Morgan fingerprint density at radius 1 is 0.917 bits per heavy atom. The van der Waals surface area contributed by atoms with E-state index in [1.807, 2.05) is 0 Å². The minimum Gasteiger partial charge on any atom is -0.507 e. The number of aromatic carboxylic acids is 1. The van der Waals surface area contributed by atoms with E-state index in [4.69, 9.17) is 4.74 Å². The van der Waals surface area contributed by atoms with Crippen LogP contribution in [0.15, 0.2) is 6.07 Å². The number of carbonyl (C=O) groups excluding carboxylic acids is 2. The summed E-state index contributed by atoms with van der Waals surface area (Å²) in [5.41, 5.74) is -6.19. The zero-order valence-corrected chi connectivity index (χ0v) is 18.3. The monoisotopic (exact) mass is 504 g/mol. The van der Waals surface area contributed by atoms with Crippen LogP contribution in [0.4, 0.5) is 0 Å². The number of carbonyl (C=O) groups is 3. The van der Waals surface area contributed by atoms with Crippen LogP contribution in [0.25, 0.3) is 0 Å². The molecule has 9 N–H and O–H groups in total. The molecular formula is C23H20O13. The second-order valence-electron chi connectivity index (χ2n) is 9.13. The number of aliphatic hydroxyl groups excluding tert-OH is 4. The Kier molecular flexibility index (Phi) is 4.91. The fourth-order valence-electron chi connectivity index (χ4n) is 5.19. The van der Waals surface area contributed by atoms with Gasteiger partial charge in [0.1, 0.15) is 47.1 Å². The van der Waals surface area contributed by atoms with Crippen LogP contribution in [-0.4, -0.2) is 93.5 Å². The largest absolute Gasteiger partial charge is 0.507 e. The highest BCUT2D eigenvalue weighted by molar-refractivity contribution is 6.31. The Morgan fingerprint density at radius 2 is 1.50 bits per heavy atom. The van der Waals surface area contributed by atoms with Crippen molar-refractivity contribution in [2.24, 2.45) is 0 Å². The molecule has 1 saturated heterocycles. The van der Waals surface area contributed by atoms with Crippen molar-refractivity contribution >= 4 is 17.5 Å². The van der Waals surface area contributed by atoms with Crippen LogP contribution in [-0.2, 0) is 4.74 Å². The molecule has 2 aromatic carbocycles. The topological polar surface area (TPSA) is 243 Å². The number of carboxylic acids is 1. The number of phenolic OH excluding ortho intramolecular Hbond substituents is 3. The second kappa shape index (κ2) is 7.38. The fourth-order valence-corrected chi connectivity index (χ4v) is 5.19. The molecule has 0 aromatic heterocycles. The van der Waals surface area contributed by atoms with Crippen LogP contribution in [0.5, 0.6) is 23.0 Å². The average Bonchev–Trinajstić information content (AvgIpc) is 3.45. The number of aliphatic hydroxyl groups is 4. The third-order valence-electron chi connectivity index (χ3n) is 7.19. The van der Waals surface area contributed by atoms with Gasteiger partial charge < -0.3 is 50.7 Å². The van der Waals surface area contributed by atoms with E-state index in [1.54, 1.807) is 0 Å². The van der Waals surface area contributed by atoms with E-state index < -0.39 is 110 Å². The molecule has 190 valence electrons. The SMILES string of the molecule is Cc1c(C(=O)O)c(O)cc2c1C(=O)c1c(O)c([C@H]3OC4(C[C@H]4O)C(O)[C@H](O)[C@H]3O)c(O)c(O)c1C2=O. The molecule has 1 heterocycles. The number of aromatic hydroxyl groups is 4. The van der Waals surface area contributed by atoms with Crippen molar-refractivity contribution in [3.8, 4) is 23.0 Å². The number of hydrogen-bond acceptors (Lipinski definition) is 12. The highest BCUT2D eigenvalue weighted by atomic mass is 16.6. The van der Waals surface area contributed by atoms with Gasteiger partial charge in [-0.1, -0.05) is 0 Å². The lowest BCUT2D eigenvalue weighted by Gasteiger charge is -2.42. The lowest BCUT2D eigenvalue weighted by Crippen LogP contribution is -2.56. The molecule has 13 nitrogen and oxygen atoms in total. The van der Waals surface area contributed by atoms with Gasteiger partial charge in [0.2, 0.25) is 0 Å². The van der Waals surface area contributed by atoms with Crippen LogP contribution < -0.4 is 0 Å². The Balaban J connectivity index is 1.74. The minimum atomic E-state index is -2.02. The van der Waals surface area contributed by atoms with Crippen LogP contribution in [0.1, 0.15) is 65.9 Å². The number of ether oxygens (including phenoxy) is 1. The summed E-state index contributed by atoms with van der Waals surface area (Å²) < 4.78 is 5.56. The van der Waals surface area contributed by atoms with E-state index >= 15 is 0 Å². The molecule has 0 amide bonds. The van der Waals surface area contributed by atoms with Gasteiger partial charge >= 0.3 is 5.97 Å². The average molecular weight is 504 g/mol. The maximum atomic E-state index is 13.5. The van der Waals surface area contributed by atoms with Crippen molar-refractivity contribution in [2.75, 3.05) is 0 Å². The van der Waals surface area contributed by atoms with Crippen LogP contribution in [0.3, 0.4) is 0 Å². The highest BCUT2D eigenvalue weighted by Crippen LogP contribution is 2.57. The van der Waals surface area contributed by atoms with E-state index in [1.165, 1.54) is 0 Å². The maximum Gasteiger partial charge on any atom is 0.339 e. The van der Waals surface area contributed by atoms with Gasteiger partial charge in [0.15, 0.2) is 23.1 Å². The molecule has 0 radical (unpaired) electrons. The van der Waals surface area contributed by atoms with Crippen molar-refractivity contribution in [3.05, 3.63) is 45.0 Å². The summed E-state index contributed by atoms with van der Waals surface area (Å²) in [4.78, 5) is 38.2. The first kappa shape index (κ1) is 24.0. The predicted octanol–water partition coefficient (Wildman–Crippen LogP) is -1.05. The maximum absolute atomic E-state index is 13.5. The summed E-state index contributed by atoms with van der Waals surface area (Å²) in [6, 6.07) is 0.723. The van der Waals surface area contributed by atoms with Gasteiger partial charge in [0, 0.05) is 17.5 Å². The highest BCUT2D eigenvalue weighted by Gasteiger charge is 2.68. The number of rotatable bonds is 2. The minimum absolute atomic E-state index is 0.168. The van der Waals surface area contributed by atoms with Gasteiger partial charge in [-0.05, 0) is 18.6 Å². The van der Waals surface area contributed by atoms with Gasteiger partial charge in [-0.25, -0.2) is 4.79 Å². The van der Waals surface area contributed by atoms with Gasteiger partial charge in [-0.3, -0.25) is 9.59 Å². The van der Waals surface area contributed by atoms with E-state index in [2.05, 4.69) is 0 Å². The summed E-state index contributed by atoms with van der Waals surface area (Å²) >= 11 is 0. The van der Waals surface area contributed by atoms with Crippen molar-refractivity contribution in [1.82, 2.24) is 0 Å². The molecule has 3 aliphatic rings. The Morgan fingerprint density at radius 3 is 2.06 bits per heavy atom. The van der Waals surface area contributed by atoms with Crippen molar-refractivity contribution in [3.63, 3.8) is 0 Å².